The number of hydrogen-bond donors (Lipinski definition) is 2. The summed E-state index contributed by atoms with van der Waals surface area (Å²) in [6, 6.07) is -0.378. The van der Waals surface area contributed by atoms with Gasteiger partial charge in [0.1, 0.15) is 6.04 Å². The molecule has 1 unspecified atom stereocenters. The smallest absolute Gasteiger partial charge is 0.320 e. The van der Waals surface area contributed by atoms with Gasteiger partial charge in [0, 0.05) is 12.7 Å². The second-order valence-corrected chi connectivity index (χ2v) is 4.39. The van der Waals surface area contributed by atoms with E-state index in [0.29, 0.717) is 19.0 Å². The predicted molar refractivity (Wildman–Crippen MR) is 59.1 cm³/mol. The summed E-state index contributed by atoms with van der Waals surface area (Å²) < 4.78 is 1.83. The first-order valence-electron chi connectivity index (χ1n) is 5.62. The number of carbonyl (C=O) groups is 1. The highest BCUT2D eigenvalue weighted by Crippen LogP contribution is 2.32. The molecule has 1 heterocycles. The van der Waals surface area contributed by atoms with Gasteiger partial charge < -0.3 is 10.4 Å². The summed E-state index contributed by atoms with van der Waals surface area (Å²) in [6.45, 7) is 3.35. The van der Waals surface area contributed by atoms with E-state index in [-0.39, 0.29) is 6.04 Å². The number of carboxylic acid groups (broad SMARTS) is 1. The van der Waals surface area contributed by atoms with Crippen LogP contribution in [0.15, 0.2) is 12.4 Å². The van der Waals surface area contributed by atoms with Crippen molar-refractivity contribution in [1.82, 2.24) is 15.1 Å². The number of nitrogens with one attached hydrogen (secondary N) is 1. The number of aliphatic carboxylic acids is 1. The van der Waals surface area contributed by atoms with Crippen LogP contribution in [0.2, 0.25) is 0 Å². The fourth-order valence-electron chi connectivity index (χ4n) is 1.81. The molecule has 0 bridgehead atoms. The zero-order chi connectivity index (χ0) is 11.5. The van der Waals surface area contributed by atoms with Gasteiger partial charge in [0.25, 0.3) is 0 Å². The van der Waals surface area contributed by atoms with Gasteiger partial charge in [-0.25, -0.2) is 0 Å². The molecule has 0 amide bonds. The largest absolute Gasteiger partial charge is 0.480 e. The topological polar surface area (TPSA) is 67.2 Å². The summed E-state index contributed by atoms with van der Waals surface area (Å²) in [5.74, 6) is -0.406. The molecule has 1 saturated carbocycles. The molecule has 1 aliphatic rings. The van der Waals surface area contributed by atoms with Crippen LogP contribution >= 0.6 is 0 Å². The zero-order valence-electron chi connectivity index (χ0n) is 9.39. The summed E-state index contributed by atoms with van der Waals surface area (Å²) in [4.78, 5) is 10.9. The molecule has 5 heteroatoms. The lowest BCUT2D eigenvalue weighted by Gasteiger charge is -2.13. The van der Waals surface area contributed by atoms with Gasteiger partial charge in [0.05, 0.1) is 12.7 Å². The Labute approximate surface area is 94.5 Å². The van der Waals surface area contributed by atoms with Crippen LogP contribution < -0.4 is 5.32 Å². The molecule has 1 atom stereocenters. The van der Waals surface area contributed by atoms with Crippen LogP contribution in [-0.2, 0) is 11.3 Å². The van der Waals surface area contributed by atoms with E-state index in [9.17, 15) is 4.79 Å². The molecule has 1 aliphatic carbocycles. The van der Waals surface area contributed by atoms with Crippen LogP contribution in [0.5, 0.6) is 0 Å². The SMILES string of the molecule is Cc1cnn(CCNC(C(=O)O)C2CC2)c1. The third-order valence-electron chi connectivity index (χ3n) is 2.83. The Morgan fingerprint density at radius 3 is 3.00 bits per heavy atom. The quantitative estimate of drug-likeness (QED) is 0.743. The van der Waals surface area contributed by atoms with Crippen molar-refractivity contribution in [1.29, 1.82) is 0 Å². The molecule has 1 aromatic rings. The van der Waals surface area contributed by atoms with Gasteiger partial charge in [-0.1, -0.05) is 0 Å². The molecule has 16 heavy (non-hydrogen) atoms. The Bertz CT molecular complexity index is 371. The van der Waals surface area contributed by atoms with E-state index in [0.717, 1.165) is 18.4 Å². The van der Waals surface area contributed by atoms with E-state index in [1.54, 1.807) is 6.20 Å². The molecule has 0 spiro atoms. The lowest BCUT2D eigenvalue weighted by atomic mass is 10.2. The average Bonchev–Trinajstić information content (AvgIpc) is 2.97. The van der Waals surface area contributed by atoms with Gasteiger partial charge in [-0.05, 0) is 31.2 Å². The minimum Gasteiger partial charge on any atom is -0.480 e. The molecular formula is C11H17N3O2. The highest BCUT2D eigenvalue weighted by molar-refractivity contribution is 5.74. The maximum atomic E-state index is 10.9. The van der Waals surface area contributed by atoms with Crippen molar-refractivity contribution in [2.75, 3.05) is 6.54 Å². The first-order valence-corrected chi connectivity index (χ1v) is 5.62. The van der Waals surface area contributed by atoms with Crippen molar-refractivity contribution in [3.05, 3.63) is 18.0 Å². The van der Waals surface area contributed by atoms with E-state index in [4.69, 9.17) is 5.11 Å². The minimum atomic E-state index is -0.737. The van der Waals surface area contributed by atoms with E-state index in [1.165, 1.54) is 0 Å². The van der Waals surface area contributed by atoms with Crippen LogP contribution in [0.4, 0.5) is 0 Å². The fraction of sp³-hybridized carbons (Fsp3) is 0.636. The third kappa shape index (κ3) is 2.82. The van der Waals surface area contributed by atoms with Crippen LogP contribution in [0.25, 0.3) is 0 Å². The van der Waals surface area contributed by atoms with Gasteiger partial charge in [-0.2, -0.15) is 5.10 Å². The molecule has 2 rings (SSSR count). The molecule has 0 aliphatic heterocycles. The van der Waals surface area contributed by atoms with Crippen molar-refractivity contribution >= 4 is 5.97 Å². The fourth-order valence-corrected chi connectivity index (χ4v) is 1.81. The van der Waals surface area contributed by atoms with Crippen molar-refractivity contribution in [3.8, 4) is 0 Å². The highest BCUT2D eigenvalue weighted by atomic mass is 16.4. The summed E-state index contributed by atoms with van der Waals surface area (Å²) in [7, 11) is 0. The lowest BCUT2D eigenvalue weighted by Crippen LogP contribution is -2.40. The maximum Gasteiger partial charge on any atom is 0.320 e. The number of hydrogen-bond acceptors (Lipinski definition) is 3. The van der Waals surface area contributed by atoms with Crippen molar-refractivity contribution in [3.63, 3.8) is 0 Å². The highest BCUT2D eigenvalue weighted by Gasteiger charge is 2.35. The standard InChI is InChI=1S/C11H17N3O2/c1-8-6-13-14(7-8)5-4-12-10(11(15)16)9-2-3-9/h6-7,9-10,12H,2-5H2,1H3,(H,15,16). The number of rotatable bonds is 6. The average molecular weight is 223 g/mol. The van der Waals surface area contributed by atoms with Gasteiger partial charge in [0.2, 0.25) is 0 Å². The summed E-state index contributed by atoms with van der Waals surface area (Å²) in [5.41, 5.74) is 1.12. The summed E-state index contributed by atoms with van der Waals surface area (Å²) >= 11 is 0. The monoisotopic (exact) mass is 223 g/mol. The molecule has 0 radical (unpaired) electrons. The number of aromatic nitrogens is 2. The number of nitrogens with zero attached hydrogens (tertiary/aromatic N) is 2. The van der Waals surface area contributed by atoms with Gasteiger partial charge in [-0.15, -0.1) is 0 Å². The zero-order valence-corrected chi connectivity index (χ0v) is 9.39. The molecule has 0 saturated heterocycles. The van der Waals surface area contributed by atoms with Gasteiger partial charge >= 0.3 is 5.97 Å². The Morgan fingerprint density at radius 1 is 1.75 bits per heavy atom. The van der Waals surface area contributed by atoms with Crippen molar-refractivity contribution in [2.24, 2.45) is 5.92 Å². The predicted octanol–water partition coefficient (Wildman–Crippen LogP) is 0.644. The van der Waals surface area contributed by atoms with Gasteiger partial charge in [0.15, 0.2) is 0 Å². The van der Waals surface area contributed by atoms with Crippen LogP contribution in [0, 0.1) is 12.8 Å². The lowest BCUT2D eigenvalue weighted by molar-refractivity contribution is -0.140. The second kappa shape index (κ2) is 4.65. The Kier molecular flexibility index (Phi) is 3.24. The first kappa shape index (κ1) is 11.1. The van der Waals surface area contributed by atoms with Crippen molar-refractivity contribution < 1.29 is 9.90 Å². The summed E-state index contributed by atoms with van der Waals surface area (Å²) in [5, 5.41) is 16.2. The molecule has 1 fully saturated rings. The molecular weight excluding hydrogens is 206 g/mol. The Balaban J connectivity index is 1.76. The second-order valence-electron chi connectivity index (χ2n) is 4.39. The first-order chi connectivity index (χ1) is 7.66. The Hall–Kier alpha value is -1.36. The molecule has 88 valence electrons. The summed E-state index contributed by atoms with van der Waals surface area (Å²) in [6.07, 6.45) is 5.82. The van der Waals surface area contributed by atoms with E-state index in [1.807, 2.05) is 17.8 Å². The minimum absolute atomic E-state index is 0.330. The Morgan fingerprint density at radius 2 is 2.50 bits per heavy atom. The van der Waals surface area contributed by atoms with Crippen LogP contribution in [0.1, 0.15) is 18.4 Å². The normalized spacial score (nSPS) is 17.3. The van der Waals surface area contributed by atoms with Gasteiger partial charge in [-0.3, -0.25) is 9.48 Å². The molecule has 0 aromatic carbocycles. The molecule has 1 aromatic heterocycles. The molecule has 2 N–H and O–H groups in total. The van der Waals surface area contributed by atoms with E-state index < -0.39 is 5.97 Å². The molecule has 5 nitrogen and oxygen atoms in total. The van der Waals surface area contributed by atoms with E-state index >= 15 is 0 Å². The maximum absolute atomic E-state index is 10.9. The van der Waals surface area contributed by atoms with Crippen LogP contribution in [0.3, 0.4) is 0 Å². The number of aryl methyl sites for hydroxylation is 1. The van der Waals surface area contributed by atoms with E-state index in [2.05, 4.69) is 10.4 Å². The third-order valence-corrected chi connectivity index (χ3v) is 2.83. The number of carboxylic acids is 1. The van der Waals surface area contributed by atoms with Crippen molar-refractivity contribution in [2.45, 2.75) is 32.4 Å². The van der Waals surface area contributed by atoms with Crippen LogP contribution in [-0.4, -0.2) is 33.4 Å².